The summed E-state index contributed by atoms with van der Waals surface area (Å²) in [6.45, 7) is 9.06. The molecule has 0 saturated carbocycles. The number of aliphatic imine (C=N–C) groups is 1. The molecule has 1 aromatic carbocycles. The van der Waals surface area contributed by atoms with Crippen LogP contribution in [0.1, 0.15) is 56.0 Å². The van der Waals surface area contributed by atoms with Gasteiger partial charge >= 0.3 is 0 Å². The number of rotatable bonds is 9. The van der Waals surface area contributed by atoms with Gasteiger partial charge in [0.25, 0.3) is 0 Å². The molecule has 0 aliphatic rings. The lowest BCUT2D eigenvalue weighted by Gasteiger charge is -2.23. The molecule has 2 rings (SSSR count). The average molecular weight is 577 g/mol. The molecule has 0 radical (unpaired) electrons. The fourth-order valence-corrected chi connectivity index (χ4v) is 5.02. The van der Waals surface area contributed by atoms with E-state index in [0.29, 0.717) is 19.0 Å². The largest absolute Gasteiger partial charge is 0.352 e. The zero-order valence-electron chi connectivity index (χ0n) is 20.1. The van der Waals surface area contributed by atoms with Crippen molar-refractivity contribution in [3.05, 3.63) is 52.8 Å². The normalized spacial score (nSPS) is 12.2. The maximum Gasteiger partial charge on any atom is 0.216 e. The summed E-state index contributed by atoms with van der Waals surface area (Å²) in [4.78, 5) is 6.44. The molecule has 0 aliphatic heterocycles. The monoisotopic (exact) mass is 576 g/mol. The molecule has 0 unspecified atom stereocenters. The minimum absolute atomic E-state index is 0. The third kappa shape index (κ3) is 8.36. The van der Waals surface area contributed by atoms with E-state index in [2.05, 4.69) is 34.0 Å². The first-order valence-corrected chi connectivity index (χ1v) is 12.2. The van der Waals surface area contributed by atoms with Gasteiger partial charge < -0.3 is 10.2 Å². The zero-order chi connectivity index (χ0) is 23.2. The van der Waals surface area contributed by atoms with Gasteiger partial charge in [0.05, 0.1) is 11.4 Å². The van der Waals surface area contributed by atoms with Gasteiger partial charge in [-0.15, -0.1) is 24.0 Å². The lowest BCUT2D eigenvalue weighted by molar-refractivity contribution is 0.473. The number of nitrogens with zero attached hydrogens (tertiary/aromatic N) is 4. The Bertz CT molecular complexity index is 1000. The van der Waals surface area contributed by atoms with Crippen molar-refractivity contribution < 1.29 is 8.42 Å². The Morgan fingerprint density at radius 1 is 1.16 bits per heavy atom. The van der Waals surface area contributed by atoms with E-state index in [9.17, 15) is 8.42 Å². The standard InChI is InChI=1S/C22H36N6O2S.HI/c1-16(2)21-20(14-28(7)25-21)13-27(6)22(23-5)24-12-18-10-8-9-11-19(18)15-31(29,30)26-17(3)4;/h8-11,14,16-17,26H,12-13,15H2,1-7H3,(H,23,24);1H. The van der Waals surface area contributed by atoms with E-state index < -0.39 is 10.0 Å². The second-order valence-corrected chi connectivity index (χ2v) is 10.2. The van der Waals surface area contributed by atoms with Crippen molar-refractivity contribution in [3.63, 3.8) is 0 Å². The van der Waals surface area contributed by atoms with Gasteiger partial charge in [-0.1, -0.05) is 38.1 Å². The van der Waals surface area contributed by atoms with Crippen LogP contribution in [0, 0.1) is 0 Å². The third-order valence-electron chi connectivity index (χ3n) is 4.78. The highest BCUT2D eigenvalue weighted by atomic mass is 127. The summed E-state index contributed by atoms with van der Waals surface area (Å²) in [7, 11) is 2.26. The Balaban J connectivity index is 0.00000512. The molecule has 1 heterocycles. The molecular formula is C22H37IN6O2S. The van der Waals surface area contributed by atoms with Gasteiger partial charge in [0.15, 0.2) is 5.96 Å². The number of halogens is 1. The first-order chi connectivity index (χ1) is 14.5. The molecule has 2 aromatic rings. The Morgan fingerprint density at radius 3 is 2.34 bits per heavy atom. The van der Waals surface area contributed by atoms with E-state index in [-0.39, 0.29) is 35.8 Å². The maximum atomic E-state index is 12.4. The number of hydrogen-bond acceptors (Lipinski definition) is 4. The van der Waals surface area contributed by atoms with Crippen LogP contribution in [0.2, 0.25) is 0 Å². The smallest absolute Gasteiger partial charge is 0.216 e. The molecule has 2 N–H and O–H groups in total. The van der Waals surface area contributed by atoms with E-state index in [1.165, 1.54) is 0 Å². The number of aromatic nitrogens is 2. The van der Waals surface area contributed by atoms with Gasteiger partial charge in [0.1, 0.15) is 0 Å². The van der Waals surface area contributed by atoms with Crippen LogP contribution in [0.3, 0.4) is 0 Å². The highest BCUT2D eigenvalue weighted by Gasteiger charge is 2.17. The molecule has 0 bridgehead atoms. The summed E-state index contributed by atoms with van der Waals surface area (Å²) in [5.74, 6) is 1.02. The van der Waals surface area contributed by atoms with Gasteiger partial charge in [-0.25, -0.2) is 13.1 Å². The number of benzene rings is 1. The lowest BCUT2D eigenvalue weighted by Crippen LogP contribution is -2.38. The van der Waals surface area contributed by atoms with Crippen molar-refractivity contribution >= 4 is 40.0 Å². The Hall–Kier alpha value is -1.66. The average Bonchev–Trinajstić information content (AvgIpc) is 3.02. The number of hydrogen-bond donors (Lipinski definition) is 2. The Morgan fingerprint density at radius 2 is 1.78 bits per heavy atom. The van der Waals surface area contributed by atoms with Crippen molar-refractivity contribution in [1.82, 2.24) is 24.7 Å². The molecule has 0 spiro atoms. The highest BCUT2D eigenvalue weighted by molar-refractivity contribution is 14.0. The molecule has 0 fully saturated rings. The van der Waals surface area contributed by atoms with Crippen molar-refractivity contribution in [2.45, 2.75) is 58.5 Å². The van der Waals surface area contributed by atoms with Gasteiger partial charge in [-0.3, -0.25) is 9.67 Å². The summed E-state index contributed by atoms with van der Waals surface area (Å²) in [5.41, 5.74) is 3.94. The number of guanidine groups is 1. The lowest BCUT2D eigenvalue weighted by atomic mass is 10.1. The predicted molar refractivity (Wildman–Crippen MR) is 142 cm³/mol. The van der Waals surface area contributed by atoms with Crippen molar-refractivity contribution in [1.29, 1.82) is 0 Å². The molecule has 1 aromatic heterocycles. The van der Waals surface area contributed by atoms with Crippen molar-refractivity contribution in [2.24, 2.45) is 12.0 Å². The molecule has 0 amide bonds. The first-order valence-electron chi connectivity index (χ1n) is 10.5. The fourth-order valence-electron chi connectivity index (χ4n) is 3.53. The van der Waals surface area contributed by atoms with E-state index in [4.69, 9.17) is 0 Å². The minimum atomic E-state index is -3.40. The van der Waals surface area contributed by atoms with Crippen LogP contribution < -0.4 is 10.0 Å². The zero-order valence-corrected chi connectivity index (χ0v) is 23.2. The second-order valence-electron chi connectivity index (χ2n) is 8.43. The van der Waals surface area contributed by atoms with Crippen molar-refractivity contribution in [2.75, 3.05) is 14.1 Å². The van der Waals surface area contributed by atoms with Crippen LogP contribution in [-0.4, -0.2) is 49.2 Å². The van der Waals surface area contributed by atoms with Gasteiger partial charge in [-0.05, 0) is 30.9 Å². The number of nitrogens with one attached hydrogen (secondary N) is 2. The highest BCUT2D eigenvalue weighted by Crippen LogP contribution is 2.19. The molecule has 0 atom stereocenters. The summed E-state index contributed by atoms with van der Waals surface area (Å²) in [6.07, 6.45) is 2.04. The predicted octanol–water partition coefficient (Wildman–Crippen LogP) is 3.20. The topological polar surface area (TPSA) is 91.6 Å². The molecule has 10 heteroatoms. The van der Waals surface area contributed by atoms with Gasteiger partial charge in [-0.2, -0.15) is 5.10 Å². The quantitative estimate of drug-likeness (QED) is 0.272. The minimum Gasteiger partial charge on any atom is -0.352 e. The third-order valence-corrected chi connectivity index (χ3v) is 6.30. The van der Waals surface area contributed by atoms with E-state index in [1.807, 2.05) is 68.0 Å². The molecule has 0 aliphatic carbocycles. The van der Waals surface area contributed by atoms with E-state index in [1.54, 1.807) is 7.05 Å². The molecule has 180 valence electrons. The SMILES string of the molecule is CN=C(NCc1ccccc1CS(=O)(=O)NC(C)C)N(C)Cc1cn(C)nc1C(C)C.I. The number of aryl methyl sites for hydroxylation is 1. The molecule has 8 nitrogen and oxygen atoms in total. The summed E-state index contributed by atoms with van der Waals surface area (Å²) in [6, 6.07) is 7.44. The summed E-state index contributed by atoms with van der Waals surface area (Å²) >= 11 is 0. The van der Waals surface area contributed by atoms with Gasteiger partial charge in [0, 0.05) is 52.0 Å². The molecular weight excluding hydrogens is 539 g/mol. The van der Waals surface area contributed by atoms with Crippen LogP contribution in [0.4, 0.5) is 0 Å². The van der Waals surface area contributed by atoms with Gasteiger partial charge in [0.2, 0.25) is 10.0 Å². The van der Waals surface area contributed by atoms with Crippen LogP contribution in [0.5, 0.6) is 0 Å². The fraction of sp³-hybridized carbons (Fsp3) is 0.545. The first kappa shape index (κ1) is 28.4. The summed E-state index contributed by atoms with van der Waals surface area (Å²) in [5, 5.41) is 7.94. The van der Waals surface area contributed by atoms with E-state index in [0.717, 1.165) is 28.3 Å². The Kier molecular flexibility index (Phi) is 11.1. The molecule has 0 saturated heterocycles. The second kappa shape index (κ2) is 12.5. The van der Waals surface area contributed by atoms with Crippen LogP contribution >= 0.6 is 24.0 Å². The summed E-state index contributed by atoms with van der Waals surface area (Å²) < 4.78 is 29.3. The molecule has 32 heavy (non-hydrogen) atoms. The van der Waals surface area contributed by atoms with E-state index >= 15 is 0 Å². The van der Waals surface area contributed by atoms with Crippen LogP contribution in [0.15, 0.2) is 35.5 Å². The van der Waals surface area contributed by atoms with Crippen LogP contribution in [-0.2, 0) is 35.9 Å². The van der Waals surface area contributed by atoms with Crippen molar-refractivity contribution in [3.8, 4) is 0 Å². The number of sulfonamides is 1. The Labute approximate surface area is 209 Å². The maximum absolute atomic E-state index is 12.4. The van der Waals surface area contributed by atoms with Crippen LogP contribution in [0.25, 0.3) is 0 Å².